The number of piperidine rings is 1. The van der Waals surface area contributed by atoms with Gasteiger partial charge in [-0.05, 0) is 55.4 Å². The minimum atomic E-state index is -0.0855. The van der Waals surface area contributed by atoms with Crippen LogP contribution in [0.4, 0.5) is 5.82 Å². The molecule has 0 bridgehead atoms. The molecule has 2 aliphatic rings. The Hall–Kier alpha value is -1.63. The van der Waals surface area contributed by atoms with Crippen molar-refractivity contribution in [3.63, 3.8) is 0 Å². The molecule has 4 nitrogen and oxygen atoms in total. The Labute approximate surface area is 199 Å². The zero-order valence-electron chi connectivity index (χ0n) is 19.4. The largest absolute Gasteiger partial charge is 0.369 e. The van der Waals surface area contributed by atoms with Gasteiger partial charge in [-0.1, -0.05) is 55.9 Å². The normalized spacial score (nSPS) is 21.8. The van der Waals surface area contributed by atoms with E-state index >= 15 is 0 Å². The van der Waals surface area contributed by atoms with Crippen LogP contribution in [0.15, 0.2) is 35.5 Å². The summed E-state index contributed by atoms with van der Waals surface area (Å²) in [5.74, 6) is 2.91. The van der Waals surface area contributed by atoms with E-state index in [2.05, 4.69) is 56.0 Å². The lowest BCUT2D eigenvalue weighted by molar-refractivity contribution is -0.0543. The molecule has 1 saturated heterocycles. The van der Waals surface area contributed by atoms with Crippen LogP contribution in [0.25, 0.3) is 10.2 Å². The number of aromatic nitrogens is 2. The van der Waals surface area contributed by atoms with Crippen molar-refractivity contribution < 1.29 is 4.74 Å². The SMILES string of the molecule is CCSc1nc(N2CCC(Cc3ccccc3)CC2)c2c3c(sc2n1)CO[C@](C)(CC)C3. The highest BCUT2D eigenvalue weighted by Crippen LogP contribution is 2.44. The van der Waals surface area contributed by atoms with Crippen LogP contribution in [0, 0.1) is 5.92 Å². The molecule has 0 amide bonds. The second-order valence-corrected chi connectivity index (χ2v) is 11.7. The van der Waals surface area contributed by atoms with Gasteiger partial charge in [-0.15, -0.1) is 11.3 Å². The van der Waals surface area contributed by atoms with Crippen molar-refractivity contribution in [2.45, 2.75) is 70.2 Å². The van der Waals surface area contributed by atoms with Crippen LogP contribution in [0.3, 0.4) is 0 Å². The number of fused-ring (bicyclic) bond motifs is 3. The number of anilines is 1. The van der Waals surface area contributed by atoms with Gasteiger partial charge in [-0.25, -0.2) is 9.97 Å². The van der Waals surface area contributed by atoms with Crippen molar-refractivity contribution in [1.29, 1.82) is 0 Å². The number of nitrogens with zero attached hydrogens (tertiary/aromatic N) is 3. The summed E-state index contributed by atoms with van der Waals surface area (Å²) in [6, 6.07) is 10.9. The molecular weight excluding hydrogens is 434 g/mol. The number of hydrogen-bond donors (Lipinski definition) is 0. The van der Waals surface area contributed by atoms with Gasteiger partial charge in [0.15, 0.2) is 5.16 Å². The standard InChI is InChI=1S/C26H33N3OS2/c1-4-26(3)16-20-21(17-30-26)32-24-22(20)23(27-25(28-24)31-5-2)29-13-11-19(12-14-29)15-18-9-7-6-8-10-18/h6-10,19H,4-5,11-17H2,1-3H3/t26-/m1/s1. The van der Waals surface area contributed by atoms with Gasteiger partial charge in [0.25, 0.3) is 0 Å². The first kappa shape index (κ1) is 22.2. The third-order valence-electron chi connectivity index (χ3n) is 7.10. The molecule has 4 heterocycles. The zero-order valence-corrected chi connectivity index (χ0v) is 21.0. The minimum absolute atomic E-state index is 0.0855. The quantitative estimate of drug-likeness (QED) is 0.305. The first-order valence-electron chi connectivity index (χ1n) is 12.0. The van der Waals surface area contributed by atoms with Crippen LogP contribution in [0.2, 0.25) is 0 Å². The first-order valence-corrected chi connectivity index (χ1v) is 13.8. The Morgan fingerprint density at radius 2 is 1.94 bits per heavy atom. The van der Waals surface area contributed by atoms with Gasteiger partial charge in [0, 0.05) is 24.4 Å². The van der Waals surface area contributed by atoms with Crippen LogP contribution >= 0.6 is 23.1 Å². The number of ether oxygens (including phenoxy) is 1. The molecule has 0 saturated carbocycles. The summed E-state index contributed by atoms with van der Waals surface area (Å²) in [4.78, 5) is 15.1. The fraction of sp³-hybridized carbons (Fsp3) is 0.538. The third-order valence-corrected chi connectivity index (χ3v) is 8.93. The van der Waals surface area contributed by atoms with Crippen LogP contribution in [-0.4, -0.2) is 34.4 Å². The third kappa shape index (κ3) is 4.42. The Morgan fingerprint density at radius 1 is 1.16 bits per heavy atom. The highest BCUT2D eigenvalue weighted by atomic mass is 32.2. The highest BCUT2D eigenvalue weighted by Gasteiger charge is 2.34. The molecule has 6 heteroatoms. The summed E-state index contributed by atoms with van der Waals surface area (Å²) < 4.78 is 6.25. The fourth-order valence-electron chi connectivity index (χ4n) is 4.98. The number of thiophene rings is 1. The summed E-state index contributed by atoms with van der Waals surface area (Å²) >= 11 is 3.56. The average molecular weight is 468 g/mol. The molecule has 5 rings (SSSR count). The van der Waals surface area contributed by atoms with Gasteiger partial charge in [0.1, 0.15) is 10.6 Å². The molecule has 2 aromatic heterocycles. The molecule has 0 unspecified atom stereocenters. The first-order chi connectivity index (χ1) is 15.6. The van der Waals surface area contributed by atoms with Crippen molar-refractivity contribution in [2.24, 2.45) is 5.92 Å². The van der Waals surface area contributed by atoms with Crippen molar-refractivity contribution in [3.8, 4) is 0 Å². The van der Waals surface area contributed by atoms with Crippen molar-refractivity contribution in [1.82, 2.24) is 9.97 Å². The van der Waals surface area contributed by atoms with E-state index in [9.17, 15) is 0 Å². The summed E-state index contributed by atoms with van der Waals surface area (Å²) in [6.45, 7) is 9.50. The van der Waals surface area contributed by atoms with E-state index in [4.69, 9.17) is 14.7 Å². The van der Waals surface area contributed by atoms with E-state index in [1.807, 2.05) is 11.3 Å². The summed E-state index contributed by atoms with van der Waals surface area (Å²) in [6.07, 6.45) is 5.61. The average Bonchev–Trinajstić information content (AvgIpc) is 3.17. The van der Waals surface area contributed by atoms with E-state index in [0.717, 1.165) is 47.6 Å². The molecule has 2 aliphatic heterocycles. The highest BCUT2D eigenvalue weighted by molar-refractivity contribution is 7.99. The van der Waals surface area contributed by atoms with Gasteiger partial charge >= 0.3 is 0 Å². The molecule has 0 aliphatic carbocycles. The Bertz CT molecular complexity index is 1080. The molecular formula is C26H33N3OS2. The van der Waals surface area contributed by atoms with Gasteiger partial charge in [-0.2, -0.15) is 0 Å². The molecule has 1 fully saturated rings. The topological polar surface area (TPSA) is 38.2 Å². The maximum absolute atomic E-state index is 6.25. The summed E-state index contributed by atoms with van der Waals surface area (Å²) in [5.41, 5.74) is 2.82. The van der Waals surface area contributed by atoms with E-state index in [1.165, 1.54) is 46.5 Å². The van der Waals surface area contributed by atoms with Crippen LogP contribution in [0.5, 0.6) is 0 Å². The fourth-order valence-corrected chi connectivity index (χ4v) is 6.70. The maximum atomic E-state index is 6.25. The predicted octanol–water partition coefficient (Wildman–Crippen LogP) is 6.50. The Balaban J connectivity index is 1.44. The molecule has 32 heavy (non-hydrogen) atoms. The number of thioether (sulfide) groups is 1. The number of rotatable bonds is 6. The van der Waals surface area contributed by atoms with E-state index in [0.29, 0.717) is 6.61 Å². The Kier molecular flexibility index (Phi) is 6.46. The van der Waals surface area contributed by atoms with E-state index in [1.54, 1.807) is 11.8 Å². The predicted molar refractivity (Wildman–Crippen MR) is 136 cm³/mol. The molecule has 0 spiro atoms. The molecule has 1 atom stereocenters. The van der Waals surface area contributed by atoms with E-state index in [-0.39, 0.29) is 5.60 Å². The molecule has 170 valence electrons. The molecule has 0 N–H and O–H groups in total. The van der Waals surface area contributed by atoms with Crippen LogP contribution < -0.4 is 4.90 Å². The number of hydrogen-bond acceptors (Lipinski definition) is 6. The second kappa shape index (κ2) is 9.32. The lowest BCUT2D eigenvalue weighted by Gasteiger charge is -2.35. The summed E-state index contributed by atoms with van der Waals surface area (Å²) in [5, 5.41) is 2.22. The minimum Gasteiger partial charge on any atom is -0.369 e. The lowest BCUT2D eigenvalue weighted by atomic mass is 9.89. The maximum Gasteiger partial charge on any atom is 0.190 e. The molecule has 0 radical (unpaired) electrons. The number of benzene rings is 1. The van der Waals surface area contributed by atoms with Crippen LogP contribution in [0.1, 0.15) is 56.0 Å². The van der Waals surface area contributed by atoms with Gasteiger partial charge < -0.3 is 9.64 Å². The second-order valence-electron chi connectivity index (χ2n) is 9.34. The van der Waals surface area contributed by atoms with Gasteiger partial charge in [0.2, 0.25) is 0 Å². The van der Waals surface area contributed by atoms with Gasteiger partial charge in [-0.3, -0.25) is 0 Å². The lowest BCUT2D eigenvalue weighted by Crippen LogP contribution is -2.36. The van der Waals surface area contributed by atoms with E-state index < -0.39 is 0 Å². The van der Waals surface area contributed by atoms with Crippen LogP contribution in [-0.2, 0) is 24.2 Å². The van der Waals surface area contributed by atoms with Crippen molar-refractivity contribution in [3.05, 3.63) is 46.3 Å². The van der Waals surface area contributed by atoms with Crippen molar-refractivity contribution in [2.75, 3.05) is 23.7 Å². The smallest absolute Gasteiger partial charge is 0.190 e. The molecule has 1 aromatic carbocycles. The zero-order chi connectivity index (χ0) is 22.1. The monoisotopic (exact) mass is 467 g/mol. The Morgan fingerprint density at radius 3 is 2.66 bits per heavy atom. The van der Waals surface area contributed by atoms with Gasteiger partial charge in [0.05, 0.1) is 17.6 Å². The van der Waals surface area contributed by atoms with Crippen molar-refractivity contribution >= 4 is 39.1 Å². The molecule has 3 aromatic rings. The summed E-state index contributed by atoms with van der Waals surface area (Å²) in [7, 11) is 0.